The molecule has 2 saturated heterocycles. The Hall–Kier alpha value is -0.920. The van der Waals surface area contributed by atoms with E-state index >= 15 is 0 Å². The maximum absolute atomic E-state index is 10.0. The smallest absolute Gasteiger partial charge is 0.294 e. The Labute approximate surface area is 73.3 Å². The fraction of sp³-hybridized carbons (Fsp3) is 1.00. The zero-order valence-corrected chi connectivity index (χ0v) is 6.66. The van der Waals surface area contributed by atoms with Gasteiger partial charge in [-0.2, -0.15) is 0 Å². The molecule has 0 amide bonds. The summed E-state index contributed by atoms with van der Waals surface area (Å²) in [6, 6.07) is 0. The van der Waals surface area contributed by atoms with Crippen molar-refractivity contribution in [1.82, 2.24) is 0 Å². The highest BCUT2D eigenvalue weighted by Gasteiger charge is 2.48. The van der Waals surface area contributed by atoms with Gasteiger partial charge >= 0.3 is 0 Å². The summed E-state index contributed by atoms with van der Waals surface area (Å²) in [5.41, 5.74) is 0. The molecule has 0 radical (unpaired) electrons. The Bertz CT molecular complexity index is 221. The number of ether oxygens (including phenoxy) is 2. The highest BCUT2D eigenvalue weighted by atomic mass is 17.0. The van der Waals surface area contributed by atoms with Gasteiger partial charge in [0.15, 0.2) is 6.10 Å². The van der Waals surface area contributed by atoms with Gasteiger partial charge in [0.25, 0.3) is 5.09 Å². The van der Waals surface area contributed by atoms with Gasteiger partial charge in [0.05, 0.1) is 13.2 Å². The van der Waals surface area contributed by atoms with E-state index in [0.29, 0.717) is 0 Å². The minimum absolute atomic E-state index is 0.0906. The Morgan fingerprint density at radius 1 is 1.38 bits per heavy atom. The predicted octanol–water partition coefficient (Wildman–Crippen LogP) is -1.28. The van der Waals surface area contributed by atoms with Gasteiger partial charge < -0.3 is 19.4 Å². The summed E-state index contributed by atoms with van der Waals surface area (Å²) in [6.45, 7) is 0.236. The molecule has 7 heteroatoms. The molecule has 0 aromatic rings. The molecule has 2 rings (SSSR count). The van der Waals surface area contributed by atoms with Gasteiger partial charge in [0.2, 0.25) is 0 Å². The Balaban J connectivity index is 1.98. The molecule has 0 saturated carbocycles. The van der Waals surface area contributed by atoms with Gasteiger partial charge in [-0.1, -0.05) is 0 Å². The molecule has 0 spiro atoms. The normalized spacial score (nSPS) is 43.2. The second kappa shape index (κ2) is 3.09. The van der Waals surface area contributed by atoms with Crippen molar-refractivity contribution >= 4 is 0 Å². The third kappa shape index (κ3) is 1.45. The van der Waals surface area contributed by atoms with Crippen molar-refractivity contribution in [3.8, 4) is 0 Å². The Morgan fingerprint density at radius 2 is 2.08 bits per heavy atom. The van der Waals surface area contributed by atoms with Crippen molar-refractivity contribution in [2.24, 2.45) is 0 Å². The van der Waals surface area contributed by atoms with Gasteiger partial charge in [0, 0.05) is 0 Å². The van der Waals surface area contributed by atoms with Crippen LogP contribution >= 0.6 is 0 Å². The lowest BCUT2D eigenvalue weighted by molar-refractivity contribution is -0.769. The zero-order chi connectivity index (χ0) is 9.42. The summed E-state index contributed by atoms with van der Waals surface area (Å²) in [4.78, 5) is 14.4. The van der Waals surface area contributed by atoms with E-state index in [1.807, 2.05) is 0 Å². The monoisotopic (exact) mass is 191 g/mol. The van der Waals surface area contributed by atoms with Gasteiger partial charge in [-0.3, -0.25) is 0 Å². The average Bonchev–Trinajstić information content (AvgIpc) is 2.56. The lowest BCUT2D eigenvalue weighted by Gasteiger charge is -2.12. The van der Waals surface area contributed by atoms with Crippen LogP contribution in [0.1, 0.15) is 0 Å². The summed E-state index contributed by atoms with van der Waals surface area (Å²) in [5, 5.41) is 18.4. The van der Waals surface area contributed by atoms with Crippen LogP contribution in [0.4, 0.5) is 0 Å². The van der Waals surface area contributed by atoms with Crippen LogP contribution in [0, 0.1) is 10.1 Å². The number of hydrogen-bond donors (Lipinski definition) is 1. The summed E-state index contributed by atoms with van der Waals surface area (Å²) >= 11 is 0. The first-order valence-electron chi connectivity index (χ1n) is 3.91. The van der Waals surface area contributed by atoms with E-state index in [-0.39, 0.29) is 13.2 Å². The number of aliphatic hydroxyl groups is 1. The third-order valence-electron chi connectivity index (χ3n) is 2.20. The zero-order valence-electron chi connectivity index (χ0n) is 6.66. The van der Waals surface area contributed by atoms with Crippen LogP contribution < -0.4 is 0 Å². The van der Waals surface area contributed by atoms with Gasteiger partial charge in [-0.05, 0) is 0 Å². The molecule has 13 heavy (non-hydrogen) atoms. The van der Waals surface area contributed by atoms with E-state index in [2.05, 4.69) is 4.84 Å². The van der Waals surface area contributed by atoms with E-state index in [0.717, 1.165) is 0 Å². The van der Waals surface area contributed by atoms with Crippen molar-refractivity contribution in [3.63, 3.8) is 0 Å². The molecule has 2 heterocycles. The topological polar surface area (TPSA) is 91.1 Å². The van der Waals surface area contributed by atoms with Crippen LogP contribution in [0.2, 0.25) is 0 Å². The Kier molecular flexibility index (Phi) is 2.06. The molecule has 4 atom stereocenters. The van der Waals surface area contributed by atoms with Gasteiger partial charge in [-0.25, -0.2) is 0 Å². The van der Waals surface area contributed by atoms with Crippen LogP contribution in [-0.4, -0.2) is 47.8 Å². The minimum atomic E-state index is -0.871. The van der Waals surface area contributed by atoms with Crippen LogP contribution in [0.5, 0.6) is 0 Å². The fourth-order valence-corrected chi connectivity index (χ4v) is 1.64. The second-order valence-corrected chi connectivity index (χ2v) is 3.03. The molecule has 74 valence electrons. The molecule has 0 aromatic carbocycles. The van der Waals surface area contributed by atoms with Crippen LogP contribution in [-0.2, 0) is 14.3 Å². The maximum atomic E-state index is 10.0. The molecule has 0 aliphatic carbocycles. The lowest BCUT2D eigenvalue weighted by Crippen LogP contribution is -2.33. The number of fused-ring (bicyclic) bond motifs is 1. The van der Waals surface area contributed by atoms with Crippen molar-refractivity contribution in [2.75, 3.05) is 13.2 Å². The number of nitrogens with zero attached hydrogens (tertiary/aromatic N) is 1. The summed E-state index contributed by atoms with van der Waals surface area (Å²) in [5.74, 6) is 0. The first kappa shape index (κ1) is 8.67. The lowest BCUT2D eigenvalue weighted by atomic mass is 10.1. The van der Waals surface area contributed by atoms with E-state index in [4.69, 9.17) is 9.47 Å². The molecule has 7 nitrogen and oxygen atoms in total. The van der Waals surface area contributed by atoms with E-state index in [1.165, 1.54) is 0 Å². The average molecular weight is 191 g/mol. The van der Waals surface area contributed by atoms with Crippen LogP contribution in [0.15, 0.2) is 0 Å². The van der Waals surface area contributed by atoms with Crippen molar-refractivity contribution in [2.45, 2.75) is 24.4 Å². The Morgan fingerprint density at radius 3 is 2.77 bits per heavy atom. The van der Waals surface area contributed by atoms with Crippen molar-refractivity contribution in [3.05, 3.63) is 10.1 Å². The van der Waals surface area contributed by atoms with Crippen LogP contribution in [0.3, 0.4) is 0 Å². The quantitative estimate of drug-likeness (QED) is 0.432. The van der Waals surface area contributed by atoms with E-state index in [9.17, 15) is 15.2 Å². The second-order valence-electron chi connectivity index (χ2n) is 3.03. The molecule has 0 bridgehead atoms. The molecule has 0 aromatic heterocycles. The molecule has 1 unspecified atom stereocenters. The van der Waals surface area contributed by atoms with Gasteiger partial charge in [-0.15, -0.1) is 10.1 Å². The van der Waals surface area contributed by atoms with Crippen molar-refractivity contribution in [1.29, 1.82) is 0 Å². The standard InChI is InChI=1S/C6H9NO6/c8-3-1-11-6-4(13-7(9)10)2-12-5(3)6/h3-6,8H,1-2H2/t3-,4?,5+,6+/m0/s1. The number of aliphatic hydroxyl groups excluding tert-OH is 1. The summed E-state index contributed by atoms with van der Waals surface area (Å²) < 4.78 is 10.2. The van der Waals surface area contributed by atoms with E-state index < -0.39 is 29.5 Å². The fourth-order valence-electron chi connectivity index (χ4n) is 1.64. The number of rotatable bonds is 2. The summed E-state index contributed by atoms with van der Waals surface area (Å²) in [7, 11) is 0. The number of hydrogen-bond acceptors (Lipinski definition) is 6. The maximum Gasteiger partial charge on any atom is 0.294 e. The van der Waals surface area contributed by atoms with Crippen LogP contribution in [0.25, 0.3) is 0 Å². The third-order valence-corrected chi connectivity index (χ3v) is 2.20. The van der Waals surface area contributed by atoms with E-state index in [1.54, 1.807) is 0 Å². The largest absolute Gasteiger partial charge is 0.388 e. The molecule has 2 aliphatic rings. The molecular formula is C6H9NO6. The van der Waals surface area contributed by atoms with Gasteiger partial charge in [0.1, 0.15) is 18.3 Å². The minimum Gasteiger partial charge on any atom is -0.388 e. The summed E-state index contributed by atoms with van der Waals surface area (Å²) in [6.07, 6.45) is -2.41. The van der Waals surface area contributed by atoms with Crippen molar-refractivity contribution < 1.29 is 24.5 Å². The first-order valence-corrected chi connectivity index (χ1v) is 3.91. The molecule has 1 N–H and O–H groups in total. The highest BCUT2D eigenvalue weighted by molar-refractivity contribution is 4.94. The molecule has 2 aliphatic heterocycles. The molecular weight excluding hydrogens is 182 g/mol. The molecule has 2 fully saturated rings. The predicted molar refractivity (Wildman–Crippen MR) is 37.4 cm³/mol. The SMILES string of the molecule is O=[N+]([O-])OC1CO[C@H]2[C@@H]1OC[C@@H]2O. The first-order chi connectivity index (χ1) is 6.18. The highest BCUT2D eigenvalue weighted by Crippen LogP contribution is 2.28.